The molecule has 2 aromatic rings. The van der Waals surface area contributed by atoms with Crippen molar-refractivity contribution in [2.24, 2.45) is 5.41 Å². The Balaban J connectivity index is 2.38. The van der Waals surface area contributed by atoms with Crippen molar-refractivity contribution in [3.63, 3.8) is 0 Å². The molecule has 0 aliphatic carbocycles. The van der Waals surface area contributed by atoms with Gasteiger partial charge in [0.25, 0.3) is 0 Å². The standard InChI is InChI=1S/C21H28N2O3S/c1-15(2)16-8-10-18(11-9-16)27(25,26)19(17-7-6-12-22-13-17)14-23-20(24)21(3,4)5/h6-13,15,19H,14H2,1-5H3,(H,23,24). The quantitative estimate of drug-likeness (QED) is 0.815. The number of nitrogens with one attached hydrogen (secondary N) is 1. The predicted molar refractivity (Wildman–Crippen MR) is 107 cm³/mol. The summed E-state index contributed by atoms with van der Waals surface area (Å²) in [6.45, 7) is 9.49. The highest BCUT2D eigenvalue weighted by atomic mass is 32.2. The maximum Gasteiger partial charge on any atom is 0.225 e. The zero-order valence-electron chi connectivity index (χ0n) is 16.6. The molecule has 146 valence electrons. The fourth-order valence-electron chi connectivity index (χ4n) is 2.63. The number of carbonyl (C=O) groups is 1. The molecule has 1 amide bonds. The third kappa shape index (κ3) is 5.16. The molecule has 0 saturated carbocycles. The summed E-state index contributed by atoms with van der Waals surface area (Å²) in [6.07, 6.45) is 3.13. The van der Waals surface area contributed by atoms with E-state index in [4.69, 9.17) is 0 Å². The highest BCUT2D eigenvalue weighted by Gasteiger charge is 2.31. The Hall–Kier alpha value is -2.21. The van der Waals surface area contributed by atoms with Crippen LogP contribution < -0.4 is 5.32 Å². The summed E-state index contributed by atoms with van der Waals surface area (Å²) < 4.78 is 26.6. The molecule has 2 rings (SSSR count). The van der Waals surface area contributed by atoms with E-state index in [0.29, 0.717) is 11.5 Å². The number of amides is 1. The summed E-state index contributed by atoms with van der Waals surface area (Å²) in [5.74, 6) is 0.128. The minimum absolute atomic E-state index is 0.00391. The maximum absolute atomic E-state index is 13.3. The van der Waals surface area contributed by atoms with E-state index in [9.17, 15) is 13.2 Å². The lowest BCUT2D eigenvalue weighted by Crippen LogP contribution is -2.38. The van der Waals surface area contributed by atoms with Crippen LogP contribution in [0.15, 0.2) is 53.7 Å². The molecule has 1 aromatic carbocycles. The number of hydrogen-bond donors (Lipinski definition) is 1. The third-order valence-corrected chi connectivity index (χ3v) is 6.55. The van der Waals surface area contributed by atoms with Crippen molar-refractivity contribution >= 4 is 15.7 Å². The van der Waals surface area contributed by atoms with E-state index >= 15 is 0 Å². The molecule has 5 nitrogen and oxygen atoms in total. The van der Waals surface area contributed by atoms with Gasteiger partial charge in [-0.1, -0.05) is 52.8 Å². The summed E-state index contributed by atoms with van der Waals surface area (Å²) in [6, 6.07) is 10.4. The van der Waals surface area contributed by atoms with E-state index < -0.39 is 20.5 Å². The van der Waals surface area contributed by atoms with Gasteiger partial charge in [-0.15, -0.1) is 0 Å². The number of rotatable bonds is 6. The predicted octanol–water partition coefficient (Wildman–Crippen LogP) is 3.88. The highest BCUT2D eigenvalue weighted by molar-refractivity contribution is 7.91. The van der Waals surface area contributed by atoms with Gasteiger partial charge in [-0.3, -0.25) is 9.78 Å². The van der Waals surface area contributed by atoms with Gasteiger partial charge in [-0.2, -0.15) is 0 Å². The van der Waals surface area contributed by atoms with Crippen LogP contribution >= 0.6 is 0 Å². The molecule has 0 saturated heterocycles. The van der Waals surface area contributed by atoms with E-state index in [1.165, 1.54) is 6.20 Å². The van der Waals surface area contributed by atoms with Crippen LogP contribution in [0.25, 0.3) is 0 Å². The van der Waals surface area contributed by atoms with Crippen LogP contribution in [0.1, 0.15) is 56.9 Å². The van der Waals surface area contributed by atoms with Gasteiger partial charge in [0, 0.05) is 24.4 Å². The molecule has 1 atom stereocenters. The number of aromatic nitrogens is 1. The first-order chi connectivity index (χ1) is 12.5. The lowest BCUT2D eigenvalue weighted by atomic mass is 9.95. The van der Waals surface area contributed by atoms with Gasteiger partial charge in [0.1, 0.15) is 5.25 Å². The van der Waals surface area contributed by atoms with Gasteiger partial charge < -0.3 is 5.32 Å². The van der Waals surface area contributed by atoms with Crippen LogP contribution in [0, 0.1) is 5.41 Å². The number of pyridine rings is 1. The fourth-order valence-corrected chi connectivity index (χ4v) is 4.27. The van der Waals surface area contributed by atoms with E-state index in [1.54, 1.807) is 51.2 Å². The Labute approximate surface area is 162 Å². The van der Waals surface area contributed by atoms with Gasteiger partial charge in [0.15, 0.2) is 9.84 Å². The number of sulfone groups is 1. The Morgan fingerprint density at radius 3 is 2.19 bits per heavy atom. The summed E-state index contributed by atoms with van der Waals surface area (Å²) in [5.41, 5.74) is 1.04. The van der Waals surface area contributed by atoms with Gasteiger partial charge in [-0.05, 0) is 35.2 Å². The van der Waals surface area contributed by atoms with Gasteiger partial charge >= 0.3 is 0 Å². The smallest absolute Gasteiger partial charge is 0.225 e. The molecule has 0 spiro atoms. The molecule has 1 unspecified atom stereocenters. The lowest BCUT2D eigenvalue weighted by molar-refractivity contribution is -0.128. The van der Waals surface area contributed by atoms with Crippen LogP contribution in [0.4, 0.5) is 0 Å². The summed E-state index contributed by atoms with van der Waals surface area (Å²) in [4.78, 5) is 16.6. The largest absolute Gasteiger partial charge is 0.354 e. The van der Waals surface area contributed by atoms with Crippen molar-refractivity contribution in [2.75, 3.05) is 6.54 Å². The molecule has 0 bridgehead atoms. The molecule has 0 radical (unpaired) electrons. The Bertz CT molecular complexity index is 868. The number of hydrogen-bond acceptors (Lipinski definition) is 4. The first-order valence-corrected chi connectivity index (χ1v) is 10.6. The average Bonchev–Trinajstić information content (AvgIpc) is 2.61. The lowest BCUT2D eigenvalue weighted by Gasteiger charge is -2.22. The fraction of sp³-hybridized carbons (Fsp3) is 0.429. The highest BCUT2D eigenvalue weighted by Crippen LogP contribution is 2.29. The van der Waals surface area contributed by atoms with Crippen molar-refractivity contribution < 1.29 is 13.2 Å². The normalized spacial score (nSPS) is 13.4. The molecule has 0 aliphatic rings. The summed E-state index contributed by atoms with van der Waals surface area (Å²) >= 11 is 0. The van der Waals surface area contributed by atoms with Crippen LogP contribution in [0.2, 0.25) is 0 Å². The zero-order chi connectivity index (χ0) is 20.2. The first-order valence-electron chi connectivity index (χ1n) is 9.05. The molecular formula is C21H28N2O3S. The number of nitrogens with zero attached hydrogens (tertiary/aromatic N) is 1. The minimum atomic E-state index is -3.69. The van der Waals surface area contributed by atoms with E-state index in [2.05, 4.69) is 24.1 Å². The van der Waals surface area contributed by atoms with E-state index in [1.807, 2.05) is 12.1 Å². The number of benzene rings is 1. The molecule has 0 fully saturated rings. The molecule has 1 aromatic heterocycles. The van der Waals surface area contributed by atoms with Crippen molar-refractivity contribution in [1.82, 2.24) is 10.3 Å². The Kier molecular flexibility index (Phi) is 6.42. The average molecular weight is 389 g/mol. The van der Waals surface area contributed by atoms with Crippen molar-refractivity contribution in [2.45, 2.75) is 50.7 Å². The van der Waals surface area contributed by atoms with Gasteiger partial charge in [0.05, 0.1) is 4.90 Å². The first kappa shape index (κ1) is 21.1. The third-order valence-electron chi connectivity index (χ3n) is 4.44. The van der Waals surface area contributed by atoms with Crippen molar-refractivity contribution in [1.29, 1.82) is 0 Å². The molecule has 1 heterocycles. The molecule has 6 heteroatoms. The second-order valence-corrected chi connectivity index (χ2v) is 10.1. The zero-order valence-corrected chi connectivity index (χ0v) is 17.4. The topological polar surface area (TPSA) is 76.1 Å². The summed E-state index contributed by atoms with van der Waals surface area (Å²) in [7, 11) is -3.69. The molecular weight excluding hydrogens is 360 g/mol. The van der Waals surface area contributed by atoms with Crippen LogP contribution in [-0.4, -0.2) is 25.9 Å². The van der Waals surface area contributed by atoms with Crippen molar-refractivity contribution in [3.05, 3.63) is 59.9 Å². The van der Waals surface area contributed by atoms with Crippen molar-refractivity contribution in [3.8, 4) is 0 Å². The van der Waals surface area contributed by atoms with E-state index in [0.717, 1.165) is 5.56 Å². The van der Waals surface area contributed by atoms with Crippen LogP contribution in [0.5, 0.6) is 0 Å². The van der Waals surface area contributed by atoms with Crippen LogP contribution in [0.3, 0.4) is 0 Å². The Morgan fingerprint density at radius 1 is 1.07 bits per heavy atom. The maximum atomic E-state index is 13.3. The van der Waals surface area contributed by atoms with Crippen LogP contribution in [-0.2, 0) is 14.6 Å². The molecule has 27 heavy (non-hydrogen) atoms. The molecule has 0 aliphatic heterocycles. The van der Waals surface area contributed by atoms with Gasteiger partial charge in [-0.25, -0.2) is 8.42 Å². The Morgan fingerprint density at radius 2 is 1.70 bits per heavy atom. The second kappa shape index (κ2) is 8.21. The minimum Gasteiger partial charge on any atom is -0.354 e. The monoisotopic (exact) mass is 388 g/mol. The second-order valence-electron chi connectivity index (χ2n) is 8.00. The summed E-state index contributed by atoms with van der Waals surface area (Å²) in [5, 5.41) is 1.88. The van der Waals surface area contributed by atoms with Gasteiger partial charge in [0.2, 0.25) is 5.91 Å². The molecule has 1 N–H and O–H groups in total. The van der Waals surface area contributed by atoms with E-state index in [-0.39, 0.29) is 17.3 Å². The number of carbonyl (C=O) groups excluding carboxylic acids is 1. The SMILES string of the molecule is CC(C)c1ccc(S(=O)(=O)C(CNC(=O)C(C)(C)C)c2cccnc2)cc1.